The second-order valence-corrected chi connectivity index (χ2v) is 8.39. The van der Waals surface area contributed by atoms with E-state index in [2.05, 4.69) is 5.48 Å². The molecule has 0 bridgehead atoms. The number of benzene rings is 2. The smallest absolute Gasteiger partial charge is 0.274 e. The van der Waals surface area contributed by atoms with Crippen LogP contribution in [0.2, 0.25) is 0 Å². The van der Waals surface area contributed by atoms with E-state index in [1.165, 1.54) is 23.9 Å². The number of nitrogens with zero attached hydrogens (tertiary/aromatic N) is 1. The van der Waals surface area contributed by atoms with Crippen LogP contribution in [0.25, 0.3) is 0 Å². The molecule has 2 saturated heterocycles. The van der Waals surface area contributed by atoms with E-state index < -0.39 is 6.29 Å². The Morgan fingerprint density at radius 1 is 1.23 bits per heavy atom. The lowest BCUT2D eigenvalue weighted by molar-refractivity contribution is -0.186. The first-order valence-electron chi connectivity index (χ1n) is 9.90. The third-order valence-corrected chi connectivity index (χ3v) is 6.37. The maximum Gasteiger partial charge on any atom is 0.274 e. The van der Waals surface area contributed by atoms with Crippen molar-refractivity contribution in [1.29, 1.82) is 0 Å². The minimum Gasteiger partial charge on any atom is -0.350 e. The molecule has 2 fully saturated rings. The standard InChI is InChI=1S/C22H23FN2O4S/c1-14-12-16(21(27)24-29-20-4-2-3-11-28-20)7-10-18(14)25-19(26)13-30-22(25)15-5-8-17(23)9-6-15/h5-10,12,20,22H,2-4,11,13H2,1H3,(H,24,27). The Morgan fingerprint density at radius 2 is 2.03 bits per heavy atom. The lowest BCUT2D eigenvalue weighted by Gasteiger charge is -2.26. The van der Waals surface area contributed by atoms with Gasteiger partial charge in [0, 0.05) is 24.3 Å². The van der Waals surface area contributed by atoms with Gasteiger partial charge in [-0.25, -0.2) is 14.7 Å². The number of hydrogen-bond acceptors (Lipinski definition) is 5. The summed E-state index contributed by atoms with van der Waals surface area (Å²) in [4.78, 5) is 32.1. The van der Waals surface area contributed by atoms with E-state index in [1.807, 2.05) is 6.92 Å². The predicted octanol–water partition coefficient (Wildman–Crippen LogP) is 4.10. The van der Waals surface area contributed by atoms with Gasteiger partial charge in [0.05, 0.1) is 5.75 Å². The zero-order valence-corrected chi connectivity index (χ0v) is 17.4. The maximum absolute atomic E-state index is 13.3. The van der Waals surface area contributed by atoms with Crippen molar-refractivity contribution in [3.8, 4) is 0 Å². The number of halogens is 1. The van der Waals surface area contributed by atoms with Crippen LogP contribution in [0.1, 0.15) is 46.1 Å². The number of hydrogen-bond donors (Lipinski definition) is 1. The number of carbonyl (C=O) groups excluding carboxylic acids is 2. The second-order valence-electron chi connectivity index (χ2n) is 7.33. The molecule has 2 unspecified atom stereocenters. The Labute approximate surface area is 178 Å². The highest BCUT2D eigenvalue weighted by Crippen LogP contribution is 2.42. The Balaban J connectivity index is 1.49. The Bertz CT molecular complexity index is 931. The third-order valence-electron chi connectivity index (χ3n) is 5.16. The number of nitrogens with one attached hydrogen (secondary N) is 1. The quantitative estimate of drug-likeness (QED) is 0.724. The molecule has 2 aliphatic rings. The van der Waals surface area contributed by atoms with Crippen molar-refractivity contribution in [3.63, 3.8) is 0 Å². The predicted molar refractivity (Wildman–Crippen MR) is 112 cm³/mol. The van der Waals surface area contributed by atoms with Crippen LogP contribution < -0.4 is 10.4 Å². The van der Waals surface area contributed by atoms with Crippen LogP contribution in [-0.4, -0.2) is 30.5 Å². The summed E-state index contributed by atoms with van der Waals surface area (Å²) in [5.74, 6) is -0.352. The Hall–Kier alpha value is -2.42. The molecular weight excluding hydrogens is 407 g/mol. The molecule has 2 aliphatic heterocycles. The van der Waals surface area contributed by atoms with Crippen molar-refractivity contribution < 1.29 is 23.6 Å². The van der Waals surface area contributed by atoms with Gasteiger partial charge in [0.25, 0.3) is 5.91 Å². The molecule has 30 heavy (non-hydrogen) atoms. The van der Waals surface area contributed by atoms with Crippen LogP contribution in [-0.2, 0) is 14.4 Å². The molecule has 8 heteroatoms. The van der Waals surface area contributed by atoms with E-state index >= 15 is 0 Å². The molecule has 0 aromatic heterocycles. The monoisotopic (exact) mass is 430 g/mol. The first kappa shape index (κ1) is 20.8. The fourth-order valence-electron chi connectivity index (χ4n) is 3.61. The van der Waals surface area contributed by atoms with Gasteiger partial charge < -0.3 is 4.74 Å². The molecule has 0 aliphatic carbocycles. The van der Waals surface area contributed by atoms with Gasteiger partial charge in [-0.2, -0.15) is 0 Å². The average molecular weight is 431 g/mol. The summed E-state index contributed by atoms with van der Waals surface area (Å²) in [5, 5.41) is -0.233. The number of rotatable bonds is 5. The van der Waals surface area contributed by atoms with Gasteiger partial charge in [0.2, 0.25) is 5.91 Å². The van der Waals surface area contributed by atoms with Crippen molar-refractivity contribution in [3.05, 3.63) is 65.0 Å². The number of aryl methyl sites for hydroxylation is 1. The van der Waals surface area contributed by atoms with Crippen LogP contribution in [0.5, 0.6) is 0 Å². The summed E-state index contributed by atoms with van der Waals surface area (Å²) in [5.41, 5.74) is 5.26. The molecule has 158 valence electrons. The van der Waals surface area contributed by atoms with E-state index in [0.29, 0.717) is 17.9 Å². The molecule has 2 heterocycles. The molecule has 4 rings (SSSR count). The highest BCUT2D eigenvalue weighted by Gasteiger charge is 2.35. The minimum absolute atomic E-state index is 0.0209. The number of amides is 2. The highest BCUT2D eigenvalue weighted by molar-refractivity contribution is 8.00. The van der Waals surface area contributed by atoms with Crippen LogP contribution in [0.4, 0.5) is 10.1 Å². The lowest BCUT2D eigenvalue weighted by atomic mass is 10.1. The zero-order valence-electron chi connectivity index (χ0n) is 16.6. The van der Waals surface area contributed by atoms with E-state index in [-0.39, 0.29) is 23.0 Å². The number of hydroxylamine groups is 1. The minimum atomic E-state index is -0.418. The molecular formula is C22H23FN2O4S. The summed E-state index contributed by atoms with van der Waals surface area (Å²) in [6.07, 6.45) is 2.34. The normalized spacial score (nSPS) is 21.7. The van der Waals surface area contributed by atoms with E-state index in [4.69, 9.17) is 9.57 Å². The van der Waals surface area contributed by atoms with Crippen molar-refractivity contribution in [2.45, 2.75) is 37.9 Å². The molecule has 2 atom stereocenters. The van der Waals surface area contributed by atoms with Crippen molar-refractivity contribution >= 4 is 29.3 Å². The summed E-state index contributed by atoms with van der Waals surface area (Å²) in [6.45, 7) is 2.49. The van der Waals surface area contributed by atoms with Crippen molar-refractivity contribution in [2.75, 3.05) is 17.3 Å². The molecule has 0 radical (unpaired) electrons. The largest absolute Gasteiger partial charge is 0.350 e. The molecule has 1 N–H and O–H groups in total. The number of carbonyl (C=O) groups is 2. The van der Waals surface area contributed by atoms with Gasteiger partial charge in [-0.15, -0.1) is 11.8 Å². The van der Waals surface area contributed by atoms with E-state index in [1.54, 1.807) is 35.2 Å². The van der Waals surface area contributed by atoms with Crippen LogP contribution in [0.15, 0.2) is 42.5 Å². The number of anilines is 1. The molecule has 2 aromatic carbocycles. The van der Waals surface area contributed by atoms with Gasteiger partial charge in [-0.3, -0.25) is 14.5 Å². The first-order valence-corrected chi connectivity index (χ1v) is 10.9. The molecule has 0 saturated carbocycles. The van der Waals surface area contributed by atoms with E-state index in [9.17, 15) is 14.0 Å². The highest BCUT2D eigenvalue weighted by atomic mass is 32.2. The molecule has 0 spiro atoms. The fraction of sp³-hybridized carbons (Fsp3) is 0.364. The van der Waals surface area contributed by atoms with Crippen LogP contribution in [0, 0.1) is 12.7 Å². The molecule has 6 nitrogen and oxygen atoms in total. The molecule has 2 aromatic rings. The third kappa shape index (κ3) is 4.50. The van der Waals surface area contributed by atoms with Crippen molar-refractivity contribution in [2.24, 2.45) is 0 Å². The SMILES string of the molecule is Cc1cc(C(=O)NOC2CCCCO2)ccc1N1C(=O)CSC1c1ccc(F)cc1. The fourth-order valence-corrected chi connectivity index (χ4v) is 4.78. The summed E-state index contributed by atoms with van der Waals surface area (Å²) >= 11 is 1.50. The summed E-state index contributed by atoms with van der Waals surface area (Å²) < 4.78 is 18.7. The first-order chi connectivity index (χ1) is 14.5. The summed E-state index contributed by atoms with van der Waals surface area (Å²) in [6, 6.07) is 11.3. The zero-order chi connectivity index (χ0) is 21.1. The Kier molecular flexibility index (Phi) is 6.36. The van der Waals surface area contributed by atoms with Crippen LogP contribution in [0.3, 0.4) is 0 Å². The van der Waals surface area contributed by atoms with Gasteiger partial charge in [0.15, 0.2) is 6.29 Å². The Morgan fingerprint density at radius 3 is 2.73 bits per heavy atom. The maximum atomic E-state index is 13.3. The topological polar surface area (TPSA) is 67.9 Å². The van der Waals surface area contributed by atoms with Gasteiger partial charge >= 0.3 is 0 Å². The number of thioether (sulfide) groups is 1. The van der Waals surface area contributed by atoms with Crippen LogP contribution >= 0.6 is 11.8 Å². The van der Waals surface area contributed by atoms with Crippen molar-refractivity contribution in [1.82, 2.24) is 5.48 Å². The number of ether oxygens (including phenoxy) is 1. The average Bonchev–Trinajstić information content (AvgIpc) is 3.14. The summed E-state index contributed by atoms with van der Waals surface area (Å²) in [7, 11) is 0. The van der Waals surface area contributed by atoms with Gasteiger partial charge in [0.1, 0.15) is 11.2 Å². The molecule has 2 amide bonds. The van der Waals surface area contributed by atoms with Gasteiger partial charge in [-0.1, -0.05) is 12.1 Å². The van der Waals surface area contributed by atoms with Gasteiger partial charge in [-0.05, 0) is 61.2 Å². The van der Waals surface area contributed by atoms with E-state index in [0.717, 1.165) is 36.1 Å². The lowest BCUT2D eigenvalue weighted by Crippen LogP contribution is -2.33. The second kappa shape index (κ2) is 9.16.